The average Bonchev–Trinajstić information content (AvgIpc) is 3.59. The van der Waals surface area contributed by atoms with Crippen LogP contribution in [0, 0.1) is 5.92 Å². The van der Waals surface area contributed by atoms with Crippen molar-refractivity contribution in [3.63, 3.8) is 0 Å². The second-order valence-corrected chi connectivity index (χ2v) is 18.7. The van der Waals surface area contributed by atoms with Gasteiger partial charge in [0.2, 0.25) is 5.95 Å². The van der Waals surface area contributed by atoms with E-state index in [9.17, 15) is 9.59 Å². The molecule has 9 nitrogen and oxygen atoms in total. The van der Waals surface area contributed by atoms with Crippen molar-refractivity contribution in [1.82, 2.24) is 19.5 Å². The number of esters is 1. The van der Waals surface area contributed by atoms with Crippen molar-refractivity contribution < 1.29 is 14.0 Å². The molecule has 0 aliphatic rings. The molecule has 0 aliphatic heterocycles. The molecule has 0 radical (unpaired) electrons. The summed E-state index contributed by atoms with van der Waals surface area (Å²) in [6.07, 6.45) is 24.2. The number of nitrogens with zero attached hydrogens (tertiary/aromatic N) is 3. The lowest BCUT2D eigenvalue weighted by molar-refractivity contribution is -0.145. The van der Waals surface area contributed by atoms with Crippen molar-refractivity contribution in [2.24, 2.45) is 5.92 Å². The predicted molar refractivity (Wildman–Crippen MR) is 225 cm³/mol. The number of carbonyl (C=O) groups excluding carboxylic acids is 1. The monoisotopic (exact) mass is 757 g/mol. The van der Waals surface area contributed by atoms with E-state index >= 15 is 0 Å². The summed E-state index contributed by atoms with van der Waals surface area (Å²) in [5.74, 6) is -0.203. The number of aromatic nitrogens is 4. The fourth-order valence-electron chi connectivity index (χ4n) is 7.47. The number of nitrogen functional groups attached to an aromatic ring is 1. The van der Waals surface area contributed by atoms with Gasteiger partial charge in [-0.1, -0.05) is 177 Å². The van der Waals surface area contributed by atoms with Gasteiger partial charge in [-0.05, 0) is 29.3 Å². The van der Waals surface area contributed by atoms with Gasteiger partial charge in [-0.3, -0.25) is 14.6 Å². The third-order valence-electron chi connectivity index (χ3n) is 10.6. The predicted octanol–water partition coefficient (Wildman–Crippen LogP) is 9.09. The summed E-state index contributed by atoms with van der Waals surface area (Å²) in [6.45, 7) is 5.71. The molecule has 2 aromatic carbocycles. The molecular weight excluding hydrogens is 691 g/mol. The van der Waals surface area contributed by atoms with Crippen LogP contribution in [0.2, 0.25) is 6.04 Å². The molecule has 1 atom stereocenters. The van der Waals surface area contributed by atoms with Gasteiger partial charge >= 0.3 is 5.97 Å². The van der Waals surface area contributed by atoms with Crippen LogP contribution in [0.25, 0.3) is 11.2 Å². The molecule has 0 aliphatic carbocycles. The molecule has 2 heterocycles. The van der Waals surface area contributed by atoms with E-state index in [1.807, 2.05) is 4.57 Å². The van der Waals surface area contributed by atoms with Crippen LogP contribution in [-0.4, -0.2) is 47.0 Å². The molecule has 0 spiro atoms. The summed E-state index contributed by atoms with van der Waals surface area (Å²) < 4.78 is 14.9. The van der Waals surface area contributed by atoms with Crippen LogP contribution < -0.4 is 21.7 Å². The summed E-state index contributed by atoms with van der Waals surface area (Å²) in [4.78, 5) is 36.7. The Bertz CT molecular complexity index is 1620. The molecule has 0 saturated heterocycles. The first kappa shape index (κ1) is 43.0. The second-order valence-electron chi connectivity index (χ2n) is 15.1. The molecule has 54 heavy (non-hydrogen) atoms. The minimum Gasteiger partial charge on any atom is -0.465 e. The Labute approximate surface area is 325 Å². The summed E-state index contributed by atoms with van der Waals surface area (Å²) in [7, 11) is -2.57. The minimum atomic E-state index is -2.57. The summed E-state index contributed by atoms with van der Waals surface area (Å²) >= 11 is 0. The van der Waals surface area contributed by atoms with E-state index in [-0.39, 0.29) is 35.5 Å². The fraction of sp³-hybridized carbons (Fsp3) is 0.591. The number of aromatic amines is 1. The Hall–Kier alpha value is -3.76. The van der Waals surface area contributed by atoms with Crippen molar-refractivity contribution in [3.05, 3.63) is 77.3 Å². The zero-order valence-electron chi connectivity index (χ0n) is 33.2. The van der Waals surface area contributed by atoms with E-state index < -0.39 is 8.32 Å². The van der Waals surface area contributed by atoms with Crippen LogP contribution in [0.5, 0.6) is 0 Å². The lowest BCUT2D eigenvalue weighted by atomic mass is 10.0. The van der Waals surface area contributed by atoms with Gasteiger partial charge in [0, 0.05) is 25.5 Å². The number of anilines is 1. The van der Waals surface area contributed by atoms with Crippen molar-refractivity contribution in [3.8, 4) is 0 Å². The molecule has 0 fully saturated rings. The number of rotatable bonds is 29. The average molecular weight is 758 g/mol. The smallest absolute Gasteiger partial charge is 0.305 e. The number of ether oxygens (including phenoxy) is 1. The molecule has 296 valence electrons. The maximum absolute atomic E-state index is 13.0. The Kier molecular flexibility index (Phi) is 19.6. The van der Waals surface area contributed by atoms with Crippen molar-refractivity contribution in [1.29, 1.82) is 0 Å². The zero-order valence-corrected chi connectivity index (χ0v) is 34.2. The lowest BCUT2D eigenvalue weighted by Gasteiger charge is -2.33. The van der Waals surface area contributed by atoms with Crippen molar-refractivity contribution >= 4 is 41.8 Å². The van der Waals surface area contributed by atoms with Gasteiger partial charge in [0.25, 0.3) is 13.9 Å². The molecular formula is C44H67N5O4Si. The number of unbranched alkanes of at least 4 members (excludes halogenated alkanes) is 15. The maximum Gasteiger partial charge on any atom is 0.305 e. The fourth-order valence-corrected chi connectivity index (χ4v) is 11.6. The first-order valence-corrected chi connectivity index (χ1v) is 23.2. The van der Waals surface area contributed by atoms with Crippen LogP contribution in [-0.2, 0) is 20.5 Å². The number of fused-ring (bicyclic) bond motifs is 1. The van der Waals surface area contributed by atoms with Crippen molar-refractivity contribution in [2.75, 3.05) is 18.9 Å². The number of H-pyrrole nitrogens is 1. The van der Waals surface area contributed by atoms with E-state index in [4.69, 9.17) is 14.9 Å². The minimum absolute atomic E-state index is 0.0430. The van der Waals surface area contributed by atoms with Gasteiger partial charge < -0.3 is 19.5 Å². The number of benzene rings is 2. The van der Waals surface area contributed by atoms with Crippen LogP contribution in [0.3, 0.4) is 0 Å². The number of carbonyl (C=O) groups is 1. The summed E-state index contributed by atoms with van der Waals surface area (Å²) in [5, 5.41) is 2.52. The van der Waals surface area contributed by atoms with Crippen LogP contribution in [0.4, 0.5) is 5.95 Å². The number of nitrogens with one attached hydrogen (secondary N) is 1. The highest BCUT2D eigenvalue weighted by Crippen LogP contribution is 2.21. The van der Waals surface area contributed by atoms with Gasteiger partial charge in [-0.25, -0.2) is 4.98 Å². The Morgan fingerprint density at radius 2 is 1.31 bits per heavy atom. The SMILES string of the molecule is CCCCCCCCCCCCCCCCCC(=O)OC[C@H](CCO[Si](CCCC)(c1ccccc1)c1ccccc1)Cn1cnc2c(=O)[nH]c(N)nc21. The van der Waals surface area contributed by atoms with E-state index in [2.05, 4.69) is 89.5 Å². The van der Waals surface area contributed by atoms with Crippen LogP contribution >= 0.6 is 0 Å². The normalized spacial score (nSPS) is 12.3. The topological polar surface area (TPSA) is 125 Å². The number of imidazole rings is 1. The van der Waals surface area contributed by atoms with E-state index in [1.165, 1.54) is 93.8 Å². The number of hydrogen-bond acceptors (Lipinski definition) is 7. The van der Waals surface area contributed by atoms with Crippen LogP contribution in [0.15, 0.2) is 71.8 Å². The molecule has 2 aromatic heterocycles. The molecule has 0 unspecified atom stereocenters. The first-order chi connectivity index (χ1) is 26.5. The van der Waals surface area contributed by atoms with Gasteiger partial charge in [0.15, 0.2) is 11.2 Å². The molecule has 3 N–H and O–H groups in total. The van der Waals surface area contributed by atoms with E-state index in [0.717, 1.165) is 31.7 Å². The highest BCUT2D eigenvalue weighted by Gasteiger charge is 2.39. The second kappa shape index (κ2) is 24.6. The zero-order chi connectivity index (χ0) is 38.3. The largest absolute Gasteiger partial charge is 0.465 e. The van der Waals surface area contributed by atoms with Crippen LogP contribution in [0.1, 0.15) is 136 Å². The quantitative estimate of drug-likeness (QED) is 0.0322. The molecule has 0 bridgehead atoms. The summed E-state index contributed by atoms with van der Waals surface area (Å²) in [5.41, 5.74) is 6.19. The maximum atomic E-state index is 13.0. The molecule has 4 rings (SSSR count). The van der Waals surface area contributed by atoms with Gasteiger partial charge in [0.1, 0.15) is 0 Å². The highest BCUT2D eigenvalue weighted by molar-refractivity contribution is 6.97. The molecule has 0 amide bonds. The third-order valence-corrected chi connectivity index (χ3v) is 14.9. The molecule has 10 heteroatoms. The van der Waals surface area contributed by atoms with E-state index in [1.54, 1.807) is 6.33 Å². The van der Waals surface area contributed by atoms with Gasteiger partial charge in [-0.2, -0.15) is 4.98 Å². The van der Waals surface area contributed by atoms with E-state index in [0.29, 0.717) is 31.6 Å². The molecule has 4 aromatic rings. The van der Waals surface area contributed by atoms with Gasteiger partial charge in [0.05, 0.1) is 12.9 Å². The lowest BCUT2D eigenvalue weighted by Crippen LogP contribution is -2.61. The Morgan fingerprint density at radius 3 is 1.87 bits per heavy atom. The Balaban J connectivity index is 1.29. The third kappa shape index (κ3) is 14.1. The Morgan fingerprint density at radius 1 is 0.778 bits per heavy atom. The highest BCUT2D eigenvalue weighted by atomic mass is 28.4. The molecule has 0 saturated carbocycles. The number of hydrogen-bond donors (Lipinski definition) is 2. The summed E-state index contributed by atoms with van der Waals surface area (Å²) in [6, 6.07) is 22.3. The number of nitrogens with two attached hydrogens (primary N) is 1. The van der Waals surface area contributed by atoms with Gasteiger partial charge in [-0.15, -0.1) is 0 Å². The standard InChI is InChI=1S/C44H67N5O4Si/c1-3-5-7-8-9-10-11-12-13-14-15-16-17-18-25-30-40(50)52-35-37(34-49-36-46-41-42(49)47-44(45)48-43(41)51)31-32-53-54(33-6-4-2,38-26-21-19-22-27-38)39-28-23-20-24-29-39/h19-24,26-29,36-37H,3-18,25,30-35H2,1-2H3,(H3,45,47,48,51)/t37-/m1/s1. The first-order valence-electron chi connectivity index (χ1n) is 21.1. The van der Waals surface area contributed by atoms with Crippen molar-refractivity contribution in [2.45, 2.75) is 148 Å².